The lowest BCUT2D eigenvalue weighted by Gasteiger charge is -2.32. The average Bonchev–Trinajstić information content (AvgIpc) is 2.86. The lowest BCUT2D eigenvalue weighted by molar-refractivity contribution is 0.254. The van der Waals surface area contributed by atoms with Gasteiger partial charge >= 0.3 is 0 Å². The number of rotatable bonds is 4. The van der Waals surface area contributed by atoms with E-state index >= 15 is 0 Å². The van der Waals surface area contributed by atoms with Gasteiger partial charge in [-0.15, -0.1) is 0 Å². The van der Waals surface area contributed by atoms with E-state index in [1.807, 2.05) is 0 Å². The second kappa shape index (κ2) is 4.94. The molecule has 90 valence electrons. The summed E-state index contributed by atoms with van der Waals surface area (Å²) >= 11 is 0. The number of nitrogens with zero attached hydrogens (tertiary/aromatic N) is 2. The molecule has 1 atom stereocenters. The first-order chi connectivity index (χ1) is 7.74. The highest BCUT2D eigenvalue weighted by atomic mass is 15.4. The Hall–Kier alpha value is -0.920. The average molecular weight is 220 g/mol. The van der Waals surface area contributed by atoms with Crippen LogP contribution in [0.5, 0.6) is 0 Å². The molecule has 1 fully saturated rings. The van der Waals surface area contributed by atoms with Crippen LogP contribution in [0.1, 0.15) is 52.4 Å². The van der Waals surface area contributed by atoms with Crippen LogP contribution < -0.4 is 0 Å². The molecule has 0 N–H and O–H groups in total. The molecular weight excluding hydrogens is 196 g/mol. The van der Waals surface area contributed by atoms with Gasteiger partial charge in [0.25, 0.3) is 0 Å². The molecule has 1 unspecified atom stereocenters. The zero-order valence-electron chi connectivity index (χ0n) is 10.7. The van der Waals surface area contributed by atoms with Crippen molar-refractivity contribution >= 4 is 0 Å². The largest absolute Gasteiger partial charge is 0.331 e. The van der Waals surface area contributed by atoms with Gasteiger partial charge < -0.3 is 9.80 Å². The topological polar surface area (TPSA) is 6.48 Å². The van der Waals surface area contributed by atoms with Crippen LogP contribution in [0.4, 0.5) is 0 Å². The minimum absolute atomic E-state index is 0.583. The molecule has 1 heterocycles. The van der Waals surface area contributed by atoms with Gasteiger partial charge in [0, 0.05) is 24.5 Å². The summed E-state index contributed by atoms with van der Waals surface area (Å²) in [6, 6.07) is 1.29. The Morgan fingerprint density at radius 2 is 2.06 bits per heavy atom. The van der Waals surface area contributed by atoms with E-state index in [1.54, 1.807) is 0 Å². The van der Waals surface area contributed by atoms with Crippen LogP contribution in [0.25, 0.3) is 0 Å². The van der Waals surface area contributed by atoms with Crippen molar-refractivity contribution in [2.24, 2.45) is 0 Å². The highest BCUT2D eigenvalue weighted by molar-refractivity contribution is 5.14. The van der Waals surface area contributed by atoms with Crippen LogP contribution in [-0.2, 0) is 0 Å². The molecule has 0 saturated heterocycles. The number of hydrogen-bond acceptors (Lipinski definition) is 2. The maximum atomic E-state index is 4.25. The third-order valence-corrected chi connectivity index (χ3v) is 3.88. The second-order valence-electron chi connectivity index (χ2n) is 5.10. The van der Waals surface area contributed by atoms with Crippen LogP contribution in [0, 0.1) is 0 Å². The molecule has 0 aromatic heterocycles. The Labute approximate surface area is 99.6 Å². The summed E-state index contributed by atoms with van der Waals surface area (Å²) in [6.07, 6.45) is 12.3. The monoisotopic (exact) mass is 220 g/mol. The normalized spacial score (nSPS) is 23.5. The minimum atomic E-state index is 0.583. The van der Waals surface area contributed by atoms with Crippen LogP contribution in [0.2, 0.25) is 0 Å². The van der Waals surface area contributed by atoms with Gasteiger partial charge in [0.2, 0.25) is 0 Å². The van der Waals surface area contributed by atoms with E-state index in [4.69, 9.17) is 0 Å². The van der Waals surface area contributed by atoms with Crippen molar-refractivity contribution in [3.8, 4) is 0 Å². The summed E-state index contributed by atoms with van der Waals surface area (Å²) in [5, 5.41) is 0. The molecular formula is C14H24N2. The first-order valence-electron chi connectivity index (χ1n) is 6.68. The highest BCUT2D eigenvalue weighted by Gasteiger charge is 2.28. The fourth-order valence-electron chi connectivity index (χ4n) is 2.92. The third kappa shape index (κ3) is 2.11. The zero-order valence-corrected chi connectivity index (χ0v) is 10.7. The molecule has 0 radical (unpaired) electrons. The zero-order chi connectivity index (χ0) is 11.5. The van der Waals surface area contributed by atoms with Crippen LogP contribution in [0.3, 0.4) is 0 Å². The molecule has 1 aliphatic heterocycles. The summed E-state index contributed by atoms with van der Waals surface area (Å²) < 4.78 is 0. The fraction of sp³-hybridized carbons (Fsp3) is 0.714. The number of hydrogen-bond donors (Lipinski definition) is 0. The van der Waals surface area contributed by atoms with E-state index < -0.39 is 0 Å². The van der Waals surface area contributed by atoms with E-state index in [9.17, 15) is 0 Å². The van der Waals surface area contributed by atoms with Gasteiger partial charge in [-0.05, 0) is 26.2 Å². The summed E-state index contributed by atoms with van der Waals surface area (Å²) in [5.74, 6) is 1.19. The van der Waals surface area contributed by atoms with E-state index in [1.165, 1.54) is 44.3 Å². The first kappa shape index (κ1) is 11.6. The molecule has 0 spiro atoms. The Balaban J connectivity index is 1.96. The third-order valence-electron chi connectivity index (χ3n) is 3.88. The van der Waals surface area contributed by atoms with Gasteiger partial charge in [-0.1, -0.05) is 32.8 Å². The first-order valence-corrected chi connectivity index (χ1v) is 6.68. The Kier molecular flexibility index (Phi) is 3.57. The Bertz CT molecular complexity index is 276. The molecule has 0 bridgehead atoms. The van der Waals surface area contributed by atoms with E-state index in [0.29, 0.717) is 12.1 Å². The lowest BCUT2D eigenvalue weighted by Crippen LogP contribution is -2.33. The SMILES string of the molecule is C=C1N(C(C)CCC)C=CN1C1CCCC1. The Morgan fingerprint density at radius 1 is 1.38 bits per heavy atom. The minimum Gasteiger partial charge on any atom is -0.331 e. The summed E-state index contributed by atoms with van der Waals surface area (Å²) in [6.45, 7) is 8.79. The summed E-state index contributed by atoms with van der Waals surface area (Å²) in [4.78, 5) is 4.72. The molecule has 2 heteroatoms. The fourth-order valence-corrected chi connectivity index (χ4v) is 2.92. The van der Waals surface area contributed by atoms with Crippen molar-refractivity contribution in [3.63, 3.8) is 0 Å². The van der Waals surface area contributed by atoms with E-state index in [2.05, 4.69) is 42.6 Å². The molecule has 0 amide bonds. The maximum absolute atomic E-state index is 4.25. The van der Waals surface area contributed by atoms with Crippen molar-refractivity contribution in [2.45, 2.75) is 64.5 Å². The molecule has 2 nitrogen and oxygen atoms in total. The predicted octanol–water partition coefficient (Wildman–Crippen LogP) is 3.68. The van der Waals surface area contributed by atoms with Gasteiger partial charge in [-0.3, -0.25) is 0 Å². The van der Waals surface area contributed by atoms with Crippen molar-refractivity contribution < 1.29 is 0 Å². The second-order valence-corrected chi connectivity index (χ2v) is 5.10. The molecule has 0 aromatic carbocycles. The van der Waals surface area contributed by atoms with Gasteiger partial charge in [-0.25, -0.2) is 0 Å². The van der Waals surface area contributed by atoms with Crippen molar-refractivity contribution in [3.05, 3.63) is 24.8 Å². The van der Waals surface area contributed by atoms with Gasteiger partial charge in [-0.2, -0.15) is 0 Å². The summed E-state index contributed by atoms with van der Waals surface area (Å²) in [7, 11) is 0. The molecule has 0 aromatic rings. The van der Waals surface area contributed by atoms with Gasteiger partial charge in [0.1, 0.15) is 5.82 Å². The lowest BCUT2D eigenvalue weighted by atomic mass is 10.2. The van der Waals surface area contributed by atoms with Crippen LogP contribution in [-0.4, -0.2) is 21.9 Å². The molecule has 2 rings (SSSR count). The summed E-state index contributed by atoms with van der Waals surface area (Å²) in [5.41, 5.74) is 0. The van der Waals surface area contributed by atoms with E-state index in [-0.39, 0.29) is 0 Å². The van der Waals surface area contributed by atoms with E-state index in [0.717, 1.165) is 0 Å². The van der Waals surface area contributed by atoms with Crippen LogP contribution in [0.15, 0.2) is 24.8 Å². The molecule has 1 aliphatic carbocycles. The molecule has 16 heavy (non-hydrogen) atoms. The maximum Gasteiger partial charge on any atom is 0.105 e. The quantitative estimate of drug-likeness (QED) is 0.713. The van der Waals surface area contributed by atoms with Crippen molar-refractivity contribution in [1.82, 2.24) is 9.80 Å². The molecule has 1 saturated carbocycles. The highest BCUT2D eigenvalue weighted by Crippen LogP contribution is 2.31. The Morgan fingerprint density at radius 3 is 2.69 bits per heavy atom. The standard InChI is InChI=1S/C14H24N2/c1-4-7-12(2)15-10-11-16(13(15)3)14-8-5-6-9-14/h10-12,14H,3-9H2,1-2H3. The van der Waals surface area contributed by atoms with Gasteiger partial charge in [0.15, 0.2) is 0 Å². The van der Waals surface area contributed by atoms with Gasteiger partial charge in [0.05, 0.1) is 0 Å². The van der Waals surface area contributed by atoms with Crippen molar-refractivity contribution in [2.75, 3.05) is 0 Å². The van der Waals surface area contributed by atoms with Crippen LogP contribution >= 0.6 is 0 Å². The smallest absolute Gasteiger partial charge is 0.105 e. The molecule has 2 aliphatic rings. The van der Waals surface area contributed by atoms with Crippen molar-refractivity contribution in [1.29, 1.82) is 0 Å². The predicted molar refractivity (Wildman–Crippen MR) is 68.6 cm³/mol.